The molecule has 1 atom stereocenters. The maximum absolute atomic E-state index is 3.73. The van der Waals surface area contributed by atoms with Crippen LogP contribution in [0.5, 0.6) is 0 Å². The molecule has 0 aliphatic heterocycles. The van der Waals surface area contributed by atoms with Crippen LogP contribution in [0, 0.1) is 0 Å². The highest BCUT2D eigenvalue weighted by molar-refractivity contribution is 9.10. The number of hydrogen-bond donors (Lipinski definition) is 1. The summed E-state index contributed by atoms with van der Waals surface area (Å²) in [5.74, 6) is 0. The van der Waals surface area contributed by atoms with Crippen LogP contribution in [-0.4, -0.2) is 5.54 Å². The summed E-state index contributed by atoms with van der Waals surface area (Å²) in [5.41, 5.74) is 3.15. The number of rotatable bonds is 1. The van der Waals surface area contributed by atoms with Gasteiger partial charge in [0.2, 0.25) is 0 Å². The van der Waals surface area contributed by atoms with Gasteiger partial charge in [0.05, 0.1) is 0 Å². The summed E-state index contributed by atoms with van der Waals surface area (Å²) in [7, 11) is 0. The molecule has 0 spiro atoms. The molecule has 0 aromatic heterocycles. The fraction of sp³-hybridized carbons (Fsp3) is 0.571. The van der Waals surface area contributed by atoms with E-state index in [-0.39, 0.29) is 5.54 Å². The van der Waals surface area contributed by atoms with Gasteiger partial charge in [0.1, 0.15) is 0 Å². The van der Waals surface area contributed by atoms with Gasteiger partial charge in [0.15, 0.2) is 0 Å². The van der Waals surface area contributed by atoms with Crippen molar-refractivity contribution in [3.63, 3.8) is 0 Å². The molecule has 0 saturated heterocycles. The molecule has 0 fully saturated rings. The van der Waals surface area contributed by atoms with Crippen molar-refractivity contribution in [3.8, 4) is 0 Å². The molecule has 1 unspecified atom stereocenters. The van der Waals surface area contributed by atoms with Gasteiger partial charge >= 0.3 is 0 Å². The summed E-state index contributed by atoms with van der Waals surface area (Å²) >= 11 is 3.69. The van der Waals surface area contributed by atoms with E-state index in [4.69, 9.17) is 0 Å². The Morgan fingerprint density at radius 3 is 2.75 bits per heavy atom. The van der Waals surface area contributed by atoms with E-state index in [2.05, 4.69) is 60.2 Å². The van der Waals surface area contributed by atoms with Gasteiger partial charge in [-0.25, -0.2) is 0 Å². The molecule has 0 bridgehead atoms. The Balaban J connectivity index is 2.32. The number of aryl methyl sites for hydroxylation is 1. The smallest absolute Gasteiger partial charge is 0.0338 e. The largest absolute Gasteiger partial charge is 0.305 e. The van der Waals surface area contributed by atoms with E-state index in [1.807, 2.05) is 0 Å². The second-order valence-electron chi connectivity index (χ2n) is 5.65. The predicted molar refractivity (Wildman–Crippen MR) is 72.7 cm³/mol. The molecule has 1 aliphatic rings. The van der Waals surface area contributed by atoms with Crippen LogP contribution in [0.1, 0.15) is 50.8 Å². The lowest BCUT2D eigenvalue weighted by Gasteiger charge is -2.33. The van der Waals surface area contributed by atoms with Crippen molar-refractivity contribution >= 4 is 15.9 Å². The van der Waals surface area contributed by atoms with Crippen molar-refractivity contribution < 1.29 is 0 Å². The van der Waals surface area contributed by atoms with Gasteiger partial charge in [-0.3, -0.25) is 0 Å². The second kappa shape index (κ2) is 4.50. The first-order valence-electron chi connectivity index (χ1n) is 6.02. The summed E-state index contributed by atoms with van der Waals surface area (Å²) in [6.07, 6.45) is 3.75. The fourth-order valence-corrected chi connectivity index (χ4v) is 3.18. The molecule has 2 heteroatoms. The Kier molecular flexibility index (Phi) is 3.41. The number of fused-ring (bicyclic) bond motifs is 1. The molecule has 1 N–H and O–H groups in total. The molecular formula is C14H20BrN. The molecule has 1 aliphatic carbocycles. The molecule has 0 amide bonds. The Bertz CT molecular complexity index is 379. The summed E-state index contributed by atoms with van der Waals surface area (Å²) < 4.78 is 1.26. The quantitative estimate of drug-likeness (QED) is 0.813. The van der Waals surface area contributed by atoms with Gasteiger partial charge in [-0.15, -0.1) is 0 Å². The zero-order valence-electron chi connectivity index (χ0n) is 10.3. The number of nitrogens with one attached hydrogen (secondary N) is 1. The van der Waals surface area contributed by atoms with Crippen molar-refractivity contribution in [1.82, 2.24) is 5.32 Å². The highest BCUT2D eigenvalue weighted by Gasteiger charge is 2.25. The first-order valence-corrected chi connectivity index (χ1v) is 6.82. The molecule has 1 aromatic rings. The summed E-state index contributed by atoms with van der Waals surface area (Å²) in [5, 5.41) is 3.73. The number of benzene rings is 1. The van der Waals surface area contributed by atoms with Crippen LogP contribution >= 0.6 is 15.9 Å². The molecule has 2 rings (SSSR count). The van der Waals surface area contributed by atoms with E-state index in [0.29, 0.717) is 6.04 Å². The molecule has 16 heavy (non-hydrogen) atoms. The van der Waals surface area contributed by atoms with Crippen molar-refractivity contribution in [3.05, 3.63) is 33.8 Å². The van der Waals surface area contributed by atoms with Gasteiger partial charge in [0.25, 0.3) is 0 Å². The molecule has 0 heterocycles. The first-order chi connectivity index (χ1) is 7.47. The van der Waals surface area contributed by atoms with Gasteiger partial charge in [-0.1, -0.05) is 28.1 Å². The molecular weight excluding hydrogens is 262 g/mol. The number of hydrogen-bond acceptors (Lipinski definition) is 1. The van der Waals surface area contributed by atoms with Gasteiger partial charge in [-0.2, -0.15) is 0 Å². The molecule has 88 valence electrons. The summed E-state index contributed by atoms with van der Waals surface area (Å²) in [6.45, 7) is 6.70. The van der Waals surface area contributed by atoms with E-state index < -0.39 is 0 Å². The van der Waals surface area contributed by atoms with Crippen molar-refractivity contribution in [2.75, 3.05) is 0 Å². The third kappa shape index (κ3) is 2.67. The van der Waals surface area contributed by atoms with Gasteiger partial charge < -0.3 is 5.32 Å². The summed E-state index contributed by atoms with van der Waals surface area (Å²) in [6, 6.07) is 7.06. The van der Waals surface area contributed by atoms with Gasteiger partial charge in [-0.05, 0) is 57.2 Å². The third-order valence-electron chi connectivity index (χ3n) is 3.04. The van der Waals surface area contributed by atoms with Crippen LogP contribution in [0.4, 0.5) is 0 Å². The Labute approximate surface area is 107 Å². The topological polar surface area (TPSA) is 12.0 Å². The Morgan fingerprint density at radius 2 is 2.06 bits per heavy atom. The maximum atomic E-state index is 3.73. The molecule has 0 saturated carbocycles. The molecule has 1 aromatic carbocycles. The monoisotopic (exact) mass is 281 g/mol. The fourth-order valence-electron chi connectivity index (χ4n) is 2.50. The first kappa shape index (κ1) is 12.1. The minimum absolute atomic E-state index is 0.175. The molecule has 0 radical (unpaired) electrons. The SMILES string of the molecule is CC(C)(C)NC1CCCc2cccc(Br)c21. The van der Waals surface area contributed by atoms with Crippen molar-refractivity contribution in [2.45, 2.75) is 51.6 Å². The normalized spacial score (nSPS) is 20.6. The van der Waals surface area contributed by atoms with Crippen LogP contribution in [-0.2, 0) is 6.42 Å². The van der Waals surface area contributed by atoms with Gasteiger partial charge in [0, 0.05) is 16.1 Å². The average Bonchev–Trinajstić information content (AvgIpc) is 2.15. The zero-order chi connectivity index (χ0) is 11.8. The van der Waals surface area contributed by atoms with Crippen LogP contribution in [0.25, 0.3) is 0 Å². The van der Waals surface area contributed by atoms with E-state index in [1.165, 1.54) is 34.9 Å². The lowest BCUT2D eigenvalue weighted by atomic mass is 9.86. The van der Waals surface area contributed by atoms with Crippen molar-refractivity contribution in [2.24, 2.45) is 0 Å². The lowest BCUT2D eigenvalue weighted by molar-refractivity contribution is 0.335. The third-order valence-corrected chi connectivity index (χ3v) is 3.73. The Morgan fingerprint density at radius 1 is 1.31 bits per heavy atom. The minimum atomic E-state index is 0.175. The number of halogens is 1. The lowest BCUT2D eigenvalue weighted by Crippen LogP contribution is -2.40. The highest BCUT2D eigenvalue weighted by Crippen LogP contribution is 2.36. The van der Waals surface area contributed by atoms with E-state index in [0.717, 1.165) is 0 Å². The average molecular weight is 282 g/mol. The maximum Gasteiger partial charge on any atom is 0.0338 e. The van der Waals surface area contributed by atoms with E-state index in [9.17, 15) is 0 Å². The van der Waals surface area contributed by atoms with Crippen molar-refractivity contribution in [1.29, 1.82) is 0 Å². The van der Waals surface area contributed by atoms with Crippen LogP contribution in [0.2, 0.25) is 0 Å². The second-order valence-corrected chi connectivity index (χ2v) is 6.51. The van der Waals surface area contributed by atoms with Crippen LogP contribution in [0.15, 0.2) is 22.7 Å². The highest BCUT2D eigenvalue weighted by atomic mass is 79.9. The van der Waals surface area contributed by atoms with Crippen LogP contribution < -0.4 is 5.32 Å². The van der Waals surface area contributed by atoms with E-state index in [1.54, 1.807) is 0 Å². The van der Waals surface area contributed by atoms with Crippen LogP contribution in [0.3, 0.4) is 0 Å². The molecule has 1 nitrogen and oxygen atoms in total. The minimum Gasteiger partial charge on any atom is -0.305 e. The Hall–Kier alpha value is -0.340. The standard InChI is InChI=1S/C14H20BrN/c1-14(2,3)16-12-9-5-7-10-6-4-8-11(15)13(10)12/h4,6,8,12,16H,5,7,9H2,1-3H3. The zero-order valence-corrected chi connectivity index (χ0v) is 11.9. The van der Waals surface area contributed by atoms with E-state index >= 15 is 0 Å². The summed E-state index contributed by atoms with van der Waals surface area (Å²) in [4.78, 5) is 0. The predicted octanol–water partition coefficient (Wildman–Crippen LogP) is 4.21.